The van der Waals surface area contributed by atoms with Gasteiger partial charge in [0.2, 0.25) is 0 Å². The molecular weight excluding hydrogens is 241 g/mol. The number of hydrogen-bond donors (Lipinski definition) is 1. The highest BCUT2D eigenvalue weighted by atomic mass is 35.5. The first-order valence-corrected chi connectivity index (χ1v) is 6.30. The largest absolute Gasteiger partial charge is 0.310 e. The molecule has 0 fully saturated rings. The monoisotopic (exact) mass is 259 g/mol. The molecule has 1 aromatic carbocycles. The van der Waals surface area contributed by atoms with Crippen LogP contribution in [0.3, 0.4) is 0 Å². The number of benzene rings is 1. The van der Waals surface area contributed by atoms with Gasteiger partial charge in [-0.05, 0) is 23.6 Å². The van der Waals surface area contributed by atoms with E-state index in [2.05, 4.69) is 33.0 Å². The Balaban J connectivity index is 3.16. The molecule has 1 unspecified atom stereocenters. The lowest BCUT2D eigenvalue weighted by molar-refractivity contribution is 0.277. The third-order valence-electron chi connectivity index (χ3n) is 2.57. The summed E-state index contributed by atoms with van der Waals surface area (Å²) < 4.78 is 0. The summed E-state index contributed by atoms with van der Waals surface area (Å²) in [4.78, 5) is 0. The minimum atomic E-state index is 0.102. The average Bonchev–Trinajstić information content (AvgIpc) is 2.18. The van der Waals surface area contributed by atoms with Gasteiger partial charge in [-0.25, -0.2) is 0 Å². The summed E-state index contributed by atoms with van der Waals surface area (Å²) in [5.74, 6) is 0. The van der Waals surface area contributed by atoms with Crippen molar-refractivity contribution in [2.45, 2.75) is 33.7 Å². The topological polar surface area (TPSA) is 12.0 Å². The van der Waals surface area contributed by atoms with Crippen molar-refractivity contribution in [3.05, 3.63) is 33.8 Å². The normalized spacial score (nSPS) is 13.9. The molecule has 0 saturated carbocycles. The number of rotatable bonds is 3. The third-order valence-corrected chi connectivity index (χ3v) is 3.40. The predicted molar refractivity (Wildman–Crippen MR) is 72.3 cm³/mol. The van der Waals surface area contributed by atoms with Gasteiger partial charge in [0.15, 0.2) is 0 Å². The summed E-state index contributed by atoms with van der Waals surface area (Å²) in [5.41, 5.74) is 1.17. The standard InChI is InChI=1S/C13H19Cl2N/c1-5-16-12(13(2,3)4)9-7-6-8-10(14)11(9)15/h6-8,12,16H,5H2,1-4H3. The Morgan fingerprint density at radius 2 is 1.88 bits per heavy atom. The van der Waals surface area contributed by atoms with E-state index >= 15 is 0 Å². The van der Waals surface area contributed by atoms with Gasteiger partial charge in [0.05, 0.1) is 10.0 Å². The van der Waals surface area contributed by atoms with Crippen LogP contribution < -0.4 is 5.32 Å². The molecule has 1 rings (SSSR count). The second kappa shape index (κ2) is 5.39. The molecule has 0 spiro atoms. The van der Waals surface area contributed by atoms with E-state index in [1.165, 1.54) is 0 Å². The van der Waals surface area contributed by atoms with Crippen LogP contribution >= 0.6 is 23.2 Å². The highest BCUT2D eigenvalue weighted by Crippen LogP contribution is 2.38. The molecule has 0 radical (unpaired) electrons. The van der Waals surface area contributed by atoms with Gasteiger partial charge in [-0.15, -0.1) is 0 Å². The number of hydrogen-bond acceptors (Lipinski definition) is 1. The minimum Gasteiger partial charge on any atom is -0.310 e. The molecule has 0 aliphatic rings. The highest BCUT2D eigenvalue weighted by molar-refractivity contribution is 6.42. The van der Waals surface area contributed by atoms with E-state index in [1.54, 1.807) is 0 Å². The maximum Gasteiger partial charge on any atom is 0.0640 e. The van der Waals surface area contributed by atoms with E-state index in [4.69, 9.17) is 23.2 Å². The first-order valence-electron chi connectivity index (χ1n) is 5.55. The van der Waals surface area contributed by atoms with Gasteiger partial charge in [0.25, 0.3) is 0 Å². The molecule has 0 aromatic heterocycles. The fraction of sp³-hybridized carbons (Fsp3) is 0.538. The van der Waals surface area contributed by atoms with Crippen molar-refractivity contribution in [2.75, 3.05) is 6.54 Å². The SMILES string of the molecule is CCNC(c1cccc(Cl)c1Cl)C(C)(C)C. The van der Waals surface area contributed by atoms with Crippen molar-refractivity contribution < 1.29 is 0 Å². The van der Waals surface area contributed by atoms with E-state index < -0.39 is 0 Å². The first kappa shape index (κ1) is 13.8. The second-order valence-corrected chi connectivity index (χ2v) is 5.78. The number of nitrogens with one attached hydrogen (secondary N) is 1. The van der Waals surface area contributed by atoms with Crippen LogP contribution in [0.15, 0.2) is 18.2 Å². The van der Waals surface area contributed by atoms with Gasteiger partial charge in [-0.1, -0.05) is 63.0 Å². The summed E-state index contributed by atoms with van der Waals surface area (Å²) >= 11 is 12.3. The molecule has 1 aromatic rings. The van der Waals surface area contributed by atoms with E-state index in [0.717, 1.165) is 12.1 Å². The van der Waals surface area contributed by atoms with Crippen LogP contribution in [0.1, 0.15) is 39.3 Å². The molecule has 0 aliphatic heterocycles. The summed E-state index contributed by atoms with van der Waals surface area (Å²) in [6.45, 7) is 9.58. The average molecular weight is 260 g/mol. The van der Waals surface area contributed by atoms with Crippen molar-refractivity contribution in [2.24, 2.45) is 5.41 Å². The Morgan fingerprint density at radius 3 is 2.38 bits per heavy atom. The summed E-state index contributed by atoms with van der Waals surface area (Å²) in [7, 11) is 0. The van der Waals surface area contributed by atoms with Gasteiger partial charge in [0.1, 0.15) is 0 Å². The predicted octanol–water partition coefficient (Wildman–Crippen LogP) is 4.69. The molecule has 0 saturated heterocycles. The fourth-order valence-corrected chi connectivity index (χ4v) is 2.25. The Kier molecular flexibility index (Phi) is 4.66. The lowest BCUT2D eigenvalue weighted by Crippen LogP contribution is -2.32. The van der Waals surface area contributed by atoms with Crippen LogP contribution in [-0.4, -0.2) is 6.54 Å². The molecule has 1 N–H and O–H groups in total. The van der Waals surface area contributed by atoms with Gasteiger partial charge >= 0.3 is 0 Å². The van der Waals surface area contributed by atoms with Gasteiger partial charge in [-0.2, -0.15) is 0 Å². The zero-order valence-corrected chi connectivity index (χ0v) is 11.8. The van der Waals surface area contributed by atoms with Crippen LogP contribution in [0.4, 0.5) is 0 Å². The first-order chi connectivity index (χ1) is 7.38. The molecule has 16 heavy (non-hydrogen) atoms. The van der Waals surface area contributed by atoms with Gasteiger partial charge in [-0.3, -0.25) is 0 Å². The molecule has 0 heterocycles. The zero-order valence-electron chi connectivity index (χ0n) is 10.3. The molecule has 0 bridgehead atoms. The van der Waals surface area contributed by atoms with Crippen molar-refractivity contribution in [1.29, 1.82) is 0 Å². The van der Waals surface area contributed by atoms with Crippen molar-refractivity contribution in [3.8, 4) is 0 Å². The summed E-state index contributed by atoms with van der Waals surface area (Å²) in [5, 5.41) is 4.74. The van der Waals surface area contributed by atoms with Crippen molar-refractivity contribution in [3.63, 3.8) is 0 Å². The van der Waals surface area contributed by atoms with Gasteiger partial charge < -0.3 is 5.32 Å². The minimum absolute atomic E-state index is 0.102. The number of halogens is 2. The Labute approximate surface area is 108 Å². The van der Waals surface area contributed by atoms with Gasteiger partial charge in [0, 0.05) is 6.04 Å². The quantitative estimate of drug-likeness (QED) is 0.831. The second-order valence-electron chi connectivity index (χ2n) is 5.00. The highest BCUT2D eigenvalue weighted by Gasteiger charge is 2.27. The van der Waals surface area contributed by atoms with E-state index in [0.29, 0.717) is 10.0 Å². The lowest BCUT2D eigenvalue weighted by Gasteiger charge is -2.32. The van der Waals surface area contributed by atoms with Crippen molar-refractivity contribution in [1.82, 2.24) is 5.32 Å². The van der Waals surface area contributed by atoms with E-state index in [9.17, 15) is 0 Å². The maximum absolute atomic E-state index is 6.26. The molecule has 1 nitrogen and oxygen atoms in total. The van der Waals surface area contributed by atoms with E-state index in [-0.39, 0.29) is 11.5 Å². The van der Waals surface area contributed by atoms with Crippen LogP contribution in [0.25, 0.3) is 0 Å². The Hall–Kier alpha value is -0.240. The van der Waals surface area contributed by atoms with Crippen LogP contribution in [-0.2, 0) is 0 Å². The Bertz CT molecular complexity index is 355. The molecule has 1 atom stereocenters. The maximum atomic E-state index is 6.26. The van der Waals surface area contributed by atoms with E-state index in [1.807, 2.05) is 18.2 Å². The summed E-state index contributed by atoms with van der Waals surface area (Å²) in [6.07, 6.45) is 0. The fourth-order valence-electron chi connectivity index (χ4n) is 1.83. The molecule has 90 valence electrons. The lowest BCUT2D eigenvalue weighted by atomic mass is 9.82. The molecule has 3 heteroatoms. The molecule has 0 amide bonds. The smallest absolute Gasteiger partial charge is 0.0640 e. The zero-order chi connectivity index (χ0) is 12.3. The van der Waals surface area contributed by atoms with Crippen molar-refractivity contribution >= 4 is 23.2 Å². The Morgan fingerprint density at radius 1 is 1.25 bits per heavy atom. The molecular formula is C13H19Cl2N. The van der Waals surface area contributed by atoms with Crippen LogP contribution in [0, 0.1) is 5.41 Å². The van der Waals surface area contributed by atoms with Crippen LogP contribution in [0.2, 0.25) is 10.0 Å². The third kappa shape index (κ3) is 3.13. The summed E-state index contributed by atoms with van der Waals surface area (Å²) in [6, 6.07) is 6.01. The molecule has 0 aliphatic carbocycles. The van der Waals surface area contributed by atoms with Crippen LogP contribution in [0.5, 0.6) is 0 Å².